The highest BCUT2D eigenvalue weighted by molar-refractivity contribution is 5.41. The van der Waals surface area contributed by atoms with Crippen molar-refractivity contribution in [2.24, 2.45) is 17.6 Å². The molecule has 0 aliphatic heterocycles. The first kappa shape index (κ1) is 12.2. The van der Waals surface area contributed by atoms with E-state index in [0.717, 1.165) is 11.8 Å². The first-order valence-corrected chi connectivity index (χ1v) is 7.63. The highest BCUT2D eigenvalue weighted by Crippen LogP contribution is 2.42. The molecule has 0 heterocycles. The van der Waals surface area contributed by atoms with E-state index >= 15 is 0 Å². The highest BCUT2D eigenvalue weighted by Gasteiger charge is 2.36. The lowest BCUT2D eigenvalue weighted by Gasteiger charge is -2.41. The Hall–Kier alpha value is -0.820. The van der Waals surface area contributed by atoms with Crippen LogP contribution in [0.15, 0.2) is 24.3 Å². The third-order valence-electron chi connectivity index (χ3n) is 5.30. The van der Waals surface area contributed by atoms with E-state index in [4.69, 9.17) is 5.73 Å². The fraction of sp³-hybridized carbons (Fsp3) is 0.647. The van der Waals surface area contributed by atoms with E-state index in [-0.39, 0.29) is 0 Å². The van der Waals surface area contributed by atoms with Gasteiger partial charge >= 0.3 is 0 Å². The lowest BCUT2D eigenvalue weighted by atomic mass is 9.66. The lowest BCUT2D eigenvalue weighted by molar-refractivity contribution is 0.207. The van der Waals surface area contributed by atoms with E-state index in [9.17, 15) is 0 Å². The zero-order chi connectivity index (χ0) is 12.5. The Labute approximate surface area is 111 Å². The molecule has 0 radical (unpaired) electrons. The van der Waals surface area contributed by atoms with E-state index < -0.39 is 0 Å². The quantitative estimate of drug-likeness (QED) is 0.857. The minimum absolute atomic E-state index is 0.397. The van der Waals surface area contributed by atoms with Crippen molar-refractivity contribution in [2.45, 2.75) is 57.4 Å². The molecule has 18 heavy (non-hydrogen) atoms. The zero-order valence-electron chi connectivity index (χ0n) is 11.4. The monoisotopic (exact) mass is 243 g/mol. The van der Waals surface area contributed by atoms with Gasteiger partial charge in [-0.25, -0.2) is 0 Å². The minimum Gasteiger partial charge on any atom is -0.327 e. The van der Waals surface area contributed by atoms with Gasteiger partial charge in [-0.2, -0.15) is 0 Å². The molecule has 0 saturated heterocycles. The summed E-state index contributed by atoms with van der Waals surface area (Å²) in [5.74, 6) is 2.34. The molecule has 0 amide bonds. The maximum absolute atomic E-state index is 6.59. The van der Waals surface area contributed by atoms with Crippen LogP contribution in [-0.4, -0.2) is 6.04 Å². The van der Waals surface area contributed by atoms with Gasteiger partial charge in [0.05, 0.1) is 0 Å². The van der Waals surface area contributed by atoms with E-state index in [2.05, 4.69) is 31.2 Å². The topological polar surface area (TPSA) is 26.0 Å². The second kappa shape index (κ2) is 5.05. The van der Waals surface area contributed by atoms with Crippen molar-refractivity contribution in [1.82, 2.24) is 0 Å². The Bertz CT molecular complexity index is 412. The van der Waals surface area contributed by atoms with Crippen LogP contribution in [0, 0.1) is 11.8 Å². The predicted molar refractivity (Wildman–Crippen MR) is 76.6 cm³/mol. The van der Waals surface area contributed by atoms with Crippen LogP contribution in [0.1, 0.15) is 56.1 Å². The number of hydrogen-bond donors (Lipinski definition) is 1. The van der Waals surface area contributed by atoms with Crippen LogP contribution in [0.4, 0.5) is 0 Å². The summed E-state index contributed by atoms with van der Waals surface area (Å²) in [5.41, 5.74) is 9.65. The number of benzene rings is 1. The van der Waals surface area contributed by atoms with Gasteiger partial charge in [-0.3, -0.25) is 0 Å². The van der Waals surface area contributed by atoms with Gasteiger partial charge in [0.15, 0.2) is 0 Å². The molecule has 0 spiro atoms. The number of rotatable bonds is 3. The third-order valence-corrected chi connectivity index (χ3v) is 5.30. The molecule has 0 bridgehead atoms. The molecule has 3 rings (SSSR count). The number of hydrogen-bond acceptors (Lipinski definition) is 1. The average molecular weight is 243 g/mol. The smallest absolute Gasteiger partial charge is 0.0140 e. The molecule has 98 valence electrons. The van der Waals surface area contributed by atoms with Gasteiger partial charge in [-0.15, -0.1) is 0 Å². The summed E-state index contributed by atoms with van der Waals surface area (Å²) in [6.07, 6.45) is 8.11. The van der Waals surface area contributed by atoms with Gasteiger partial charge in [0.1, 0.15) is 0 Å². The van der Waals surface area contributed by atoms with Crippen molar-refractivity contribution in [2.75, 3.05) is 0 Å². The molecule has 1 aromatic carbocycles. The molecule has 1 saturated carbocycles. The molecular weight excluding hydrogens is 218 g/mol. The molecule has 2 aliphatic rings. The van der Waals surface area contributed by atoms with E-state index in [1.165, 1.54) is 49.7 Å². The van der Waals surface area contributed by atoms with Crippen LogP contribution in [0.3, 0.4) is 0 Å². The first-order chi connectivity index (χ1) is 8.79. The Morgan fingerprint density at radius 3 is 2.89 bits per heavy atom. The summed E-state index contributed by atoms with van der Waals surface area (Å²) in [4.78, 5) is 0. The van der Waals surface area contributed by atoms with Crippen LogP contribution in [0.25, 0.3) is 0 Å². The Kier molecular flexibility index (Phi) is 3.43. The molecule has 4 unspecified atom stereocenters. The Balaban J connectivity index is 1.67. The van der Waals surface area contributed by atoms with Crippen molar-refractivity contribution in [3.63, 3.8) is 0 Å². The molecule has 1 heteroatoms. The fourth-order valence-electron chi connectivity index (χ4n) is 4.02. The van der Waals surface area contributed by atoms with Crippen LogP contribution in [0.5, 0.6) is 0 Å². The predicted octanol–water partition coefficient (Wildman–Crippen LogP) is 3.87. The average Bonchev–Trinajstić information content (AvgIpc) is 2.40. The maximum atomic E-state index is 6.59. The van der Waals surface area contributed by atoms with Gasteiger partial charge < -0.3 is 5.73 Å². The molecule has 2 aliphatic carbocycles. The standard InChI is InChI=1S/C17H25N/c1-2-12-6-5-8-14(10-12)17(18)16-11-13-7-3-4-9-15(13)16/h3-4,7,9,12,14,16-17H,2,5-6,8,10-11,18H2,1H3. The summed E-state index contributed by atoms with van der Waals surface area (Å²) >= 11 is 0. The number of fused-ring (bicyclic) bond motifs is 1. The summed E-state index contributed by atoms with van der Waals surface area (Å²) < 4.78 is 0. The van der Waals surface area contributed by atoms with Gasteiger partial charge in [-0.05, 0) is 42.2 Å². The second-order valence-electron chi connectivity index (χ2n) is 6.29. The zero-order valence-corrected chi connectivity index (χ0v) is 11.4. The van der Waals surface area contributed by atoms with E-state index in [0.29, 0.717) is 12.0 Å². The van der Waals surface area contributed by atoms with Crippen LogP contribution in [-0.2, 0) is 6.42 Å². The summed E-state index contributed by atoms with van der Waals surface area (Å²) in [6.45, 7) is 2.33. The normalized spacial score (nSPS) is 32.4. The Morgan fingerprint density at radius 1 is 1.28 bits per heavy atom. The van der Waals surface area contributed by atoms with Crippen molar-refractivity contribution in [3.8, 4) is 0 Å². The molecule has 1 fully saturated rings. The molecule has 1 aromatic rings. The first-order valence-electron chi connectivity index (χ1n) is 7.63. The Morgan fingerprint density at radius 2 is 2.11 bits per heavy atom. The second-order valence-corrected chi connectivity index (χ2v) is 6.29. The van der Waals surface area contributed by atoms with Crippen LogP contribution < -0.4 is 5.73 Å². The molecular formula is C17H25N. The summed E-state index contributed by atoms with van der Waals surface area (Å²) in [7, 11) is 0. The summed E-state index contributed by atoms with van der Waals surface area (Å²) in [6, 6.07) is 9.24. The fourth-order valence-corrected chi connectivity index (χ4v) is 4.02. The third kappa shape index (κ3) is 2.09. The molecule has 2 N–H and O–H groups in total. The lowest BCUT2D eigenvalue weighted by Crippen LogP contribution is -2.43. The largest absolute Gasteiger partial charge is 0.327 e. The van der Waals surface area contributed by atoms with Gasteiger partial charge in [0.2, 0.25) is 0 Å². The highest BCUT2D eigenvalue weighted by atomic mass is 14.7. The van der Waals surface area contributed by atoms with Gasteiger partial charge in [0, 0.05) is 12.0 Å². The molecule has 0 aromatic heterocycles. The van der Waals surface area contributed by atoms with Crippen molar-refractivity contribution in [1.29, 1.82) is 0 Å². The minimum atomic E-state index is 0.397. The van der Waals surface area contributed by atoms with Crippen molar-refractivity contribution in [3.05, 3.63) is 35.4 Å². The van der Waals surface area contributed by atoms with Gasteiger partial charge in [0.25, 0.3) is 0 Å². The van der Waals surface area contributed by atoms with Crippen molar-refractivity contribution < 1.29 is 0 Å². The van der Waals surface area contributed by atoms with E-state index in [1.54, 1.807) is 0 Å². The molecule has 1 nitrogen and oxygen atoms in total. The number of nitrogens with two attached hydrogens (primary N) is 1. The maximum Gasteiger partial charge on any atom is 0.0140 e. The summed E-state index contributed by atoms with van der Waals surface area (Å²) in [5, 5.41) is 0. The molecule has 4 atom stereocenters. The van der Waals surface area contributed by atoms with Crippen LogP contribution in [0.2, 0.25) is 0 Å². The SMILES string of the molecule is CCC1CCCC(C(N)C2Cc3ccccc32)C1. The van der Waals surface area contributed by atoms with Gasteiger partial charge in [-0.1, -0.05) is 50.5 Å². The van der Waals surface area contributed by atoms with E-state index in [1.807, 2.05) is 0 Å². The van der Waals surface area contributed by atoms with Crippen LogP contribution >= 0.6 is 0 Å². The van der Waals surface area contributed by atoms with Crippen molar-refractivity contribution >= 4 is 0 Å².